The maximum atomic E-state index is 12.7. The van der Waals surface area contributed by atoms with Gasteiger partial charge in [-0.15, -0.1) is 0 Å². The van der Waals surface area contributed by atoms with Crippen LogP contribution in [0.5, 0.6) is 0 Å². The first-order chi connectivity index (χ1) is 12.2. The van der Waals surface area contributed by atoms with Gasteiger partial charge in [0.05, 0.1) is 6.04 Å². The summed E-state index contributed by atoms with van der Waals surface area (Å²) in [6.45, 7) is 8.83. The fourth-order valence-corrected chi connectivity index (χ4v) is 3.13. The van der Waals surface area contributed by atoms with Gasteiger partial charge in [-0.3, -0.25) is 9.69 Å². The van der Waals surface area contributed by atoms with Crippen LogP contribution in [0.2, 0.25) is 0 Å². The number of nitrogens with zero attached hydrogens (tertiary/aromatic N) is 2. The van der Waals surface area contributed by atoms with E-state index in [-0.39, 0.29) is 11.9 Å². The number of amides is 1. The van der Waals surface area contributed by atoms with Gasteiger partial charge in [-0.2, -0.15) is 0 Å². The molecule has 0 aromatic heterocycles. The molecule has 0 aliphatic rings. The molecule has 1 N–H and O–H groups in total. The van der Waals surface area contributed by atoms with Crippen LogP contribution in [-0.4, -0.2) is 38.0 Å². The summed E-state index contributed by atoms with van der Waals surface area (Å²) < 4.78 is 0. The molecule has 1 atom stereocenters. The van der Waals surface area contributed by atoms with Gasteiger partial charge in [0.2, 0.25) is 5.91 Å². The molecule has 4 nitrogen and oxygen atoms in total. The van der Waals surface area contributed by atoms with Crippen LogP contribution in [0.3, 0.4) is 0 Å². The Bertz CT molecular complexity index is 742. The second-order valence-corrected chi connectivity index (χ2v) is 7.41. The smallest absolute Gasteiger partial charge is 0.241 e. The molecule has 2 aromatic carbocycles. The predicted molar refractivity (Wildman–Crippen MR) is 111 cm³/mol. The number of nitrogens with one attached hydrogen (secondary N) is 1. The molecule has 140 valence electrons. The average Bonchev–Trinajstić information content (AvgIpc) is 2.57. The van der Waals surface area contributed by atoms with Crippen LogP contribution in [0.25, 0.3) is 0 Å². The van der Waals surface area contributed by atoms with Crippen LogP contribution < -0.4 is 10.2 Å². The lowest BCUT2D eigenvalue weighted by molar-refractivity contribution is -0.120. The minimum absolute atomic E-state index is 0.0208. The summed E-state index contributed by atoms with van der Waals surface area (Å²) in [5, 5.41) is 3.11. The Morgan fingerprint density at radius 1 is 1.00 bits per heavy atom. The third kappa shape index (κ3) is 4.85. The molecule has 0 bridgehead atoms. The average molecular weight is 354 g/mol. The molecule has 0 aliphatic heterocycles. The van der Waals surface area contributed by atoms with Gasteiger partial charge in [0, 0.05) is 32.0 Å². The van der Waals surface area contributed by atoms with E-state index in [1.807, 2.05) is 41.9 Å². The number of rotatable bonds is 6. The number of carbonyl (C=O) groups excluding carboxylic acids is 1. The number of carbonyl (C=O) groups is 1. The Morgan fingerprint density at radius 2 is 1.54 bits per heavy atom. The summed E-state index contributed by atoms with van der Waals surface area (Å²) in [5.74, 6) is 0.0208. The van der Waals surface area contributed by atoms with Crippen molar-refractivity contribution in [2.45, 2.75) is 40.3 Å². The Balaban J connectivity index is 2.03. The normalized spacial score (nSPS) is 12.2. The van der Waals surface area contributed by atoms with E-state index in [1.54, 1.807) is 0 Å². The van der Waals surface area contributed by atoms with E-state index in [9.17, 15) is 4.79 Å². The Morgan fingerprint density at radius 3 is 2.04 bits per heavy atom. The second kappa shape index (κ2) is 8.37. The van der Waals surface area contributed by atoms with E-state index in [4.69, 9.17) is 0 Å². The van der Waals surface area contributed by atoms with Gasteiger partial charge >= 0.3 is 0 Å². The summed E-state index contributed by atoms with van der Waals surface area (Å²) >= 11 is 0. The molecule has 0 spiro atoms. The van der Waals surface area contributed by atoms with Crippen LogP contribution in [0, 0.1) is 20.8 Å². The van der Waals surface area contributed by atoms with Crippen molar-refractivity contribution >= 4 is 17.3 Å². The first-order valence-corrected chi connectivity index (χ1v) is 9.04. The fourth-order valence-electron chi connectivity index (χ4n) is 3.13. The third-order valence-electron chi connectivity index (χ3n) is 4.85. The van der Waals surface area contributed by atoms with E-state index in [0.29, 0.717) is 0 Å². The van der Waals surface area contributed by atoms with Crippen LogP contribution >= 0.6 is 0 Å². The number of hydrogen-bond acceptors (Lipinski definition) is 3. The van der Waals surface area contributed by atoms with Crippen LogP contribution in [0.1, 0.15) is 29.2 Å². The Kier molecular flexibility index (Phi) is 6.43. The molecule has 0 saturated carbocycles. The van der Waals surface area contributed by atoms with E-state index < -0.39 is 0 Å². The molecular weight excluding hydrogens is 322 g/mol. The van der Waals surface area contributed by atoms with Gasteiger partial charge in [0.15, 0.2) is 0 Å². The zero-order valence-corrected chi connectivity index (χ0v) is 17.1. The zero-order valence-electron chi connectivity index (χ0n) is 17.1. The molecule has 0 unspecified atom stereocenters. The van der Waals surface area contributed by atoms with E-state index in [0.717, 1.165) is 23.4 Å². The van der Waals surface area contributed by atoms with Crippen LogP contribution in [0.15, 0.2) is 36.4 Å². The first kappa shape index (κ1) is 20.0. The standard InChI is InChI=1S/C22H31N3O/c1-15-12-16(2)21(17(3)13-15)23-22(26)18(4)25(7)14-19-8-10-20(11-9-19)24(5)6/h8-13,18H,14H2,1-7H3,(H,23,26)/t18-/m0/s1. The molecule has 0 heterocycles. The second-order valence-electron chi connectivity index (χ2n) is 7.41. The number of likely N-dealkylation sites (N-methyl/N-ethyl adjacent to an activating group) is 1. The topological polar surface area (TPSA) is 35.6 Å². The van der Waals surface area contributed by atoms with Crippen molar-refractivity contribution in [3.63, 3.8) is 0 Å². The highest BCUT2D eigenvalue weighted by Gasteiger charge is 2.19. The van der Waals surface area contributed by atoms with Crippen molar-refractivity contribution in [3.05, 3.63) is 58.7 Å². The van der Waals surface area contributed by atoms with Gasteiger partial charge in [-0.05, 0) is 63.6 Å². The van der Waals surface area contributed by atoms with Crippen molar-refractivity contribution in [1.82, 2.24) is 4.90 Å². The maximum absolute atomic E-state index is 12.7. The van der Waals surface area contributed by atoms with Gasteiger partial charge in [0.25, 0.3) is 0 Å². The molecule has 0 aliphatic carbocycles. The summed E-state index contributed by atoms with van der Waals surface area (Å²) in [4.78, 5) is 16.9. The van der Waals surface area contributed by atoms with Crippen molar-refractivity contribution < 1.29 is 4.79 Å². The third-order valence-corrected chi connectivity index (χ3v) is 4.85. The highest BCUT2D eigenvalue weighted by Crippen LogP contribution is 2.22. The summed E-state index contributed by atoms with van der Waals surface area (Å²) in [6, 6.07) is 12.4. The predicted octanol–water partition coefficient (Wildman–Crippen LogP) is 4.14. The van der Waals surface area contributed by atoms with E-state index >= 15 is 0 Å². The molecule has 2 aromatic rings. The molecule has 0 radical (unpaired) electrons. The minimum Gasteiger partial charge on any atom is -0.378 e. The first-order valence-electron chi connectivity index (χ1n) is 9.04. The SMILES string of the molecule is Cc1cc(C)c(NC(=O)[C@H](C)N(C)Cc2ccc(N(C)C)cc2)c(C)c1. The Hall–Kier alpha value is -2.33. The summed E-state index contributed by atoms with van der Waals surface area (Å²) in [5.41, 5.74) is 6.71. The summed E-state index contributed by atoms with van der Waals surface area (Å²) in [7, 11) is 6.05. The molecule has 0 saturated heterocycles. The molecular formula is C22H31N3O. The number of aryl methyl sites for hydroxylation is 3. The monoisotopic (exact) mass is 353 g/mol. The highest BCUT2D eigenvalue weighted by molar-refractivity contribution is 5.95. The van der Waals surface area contributed by atoms with Gasteiger partial charge in [0.1, 0.15) is 0 Å². The van der Waals surface area contributed by atoms with Crippen LogP contribution in [-0.2, 0) is 11.3 Å². The van der Waals surface area contributed by atoms with E-state index in [2.05, 4.69) is 58.4 Å². The van der Waals surface area contributed by atoms with E-state index in [1.165, 1.54) is 16.8 Å². The van der Waals surface area contributed by atoms with Gasteiger partial charge in [-0.1, -0.05) is 29.8 Å². The highest BCUT2D eigenvalue weighted by atomic mass is 16.2. The number of anilines is 2. The van der Waals surface area contributed by atoms with Gasteiger partial charge < -0.3 is 10.2 Å². The van der Waals surface area contributed by atoms with Crippen LogP contribution in [0.4, 0.5) is 11.4 Å². The quantitative estimate of drug-likeness (QED) is 0.848. The van der Waals surface area contributed by atoms with Crippen molar-refractivity contribution in [3.8, 4) is 0 Å². The lowest BCUT2D eigenvalue weighted by atomic mass is 10.0. The van der Waals surface area contributed by atoms with Crippen molar-refractivity contribution in [2.75, 3.05) is 31.4 Å². The molecule has 1 amide bonds. The minimum atomic E-state index is -0.219. The maximum Gasteiger partial charge on any atom is 0.241 e. The number of hydrogen-bond donors (Lipinski definition) is 1. The van der Waals surface area contributed by atoms with Crippen molar-refractivity contribution in [2.24, 2.45) is 0 Å². The lowest BCUT2D eigenvalue weighted by Gasteiger charge is -2.25. The fraction of sp³-hybridized carbons (Fsp3) is 0.409. The largest absolute Gasteiger partial charge is 0.378 e. The lowest BCUT2D eigenvalue weighted by Crippen LogP contribution is -2.39. The summed E-state index contributed by atoms with van der Waals surface area (Å²) in [6.07, 6.45) is 0. The van der Waals surface area contributed by atoms with Crippen molar-refractivity contribution in [1.29, 1.82) is 0 Å². The van der Waals surface area contributed by atoms with Gasteiger partial charge in [-0.25, -0.2) is 0 Å². The molecule has 4 heteroatoms. The molecule has 0 fully saturated rings. The molecule has 26 heavy (non-hydrogen) atoms. The number of benzene rings is 2. The molecule has 2 rings (SSSR count). The zero-order chi connectivity index (χ0) is 19.4. The Labute approximate surface area is 157 Å².